The Hall–Kier alpha value is -0.970. The van der Waals surface area contributed by atoms with E-state index in [2.05, 4.69) is 49.5 Å². The second-order valence-corrected chi connectivity index (χ2v) is 7.84. The average molecular weight is 326 g/mol. The Balaban J connectivity index is 2.77. The van der Waals surface area contributed by atoms with E-state index in [4.69, 9.17) is 0 Å². The number of hydrogen-bond acceptors (Lipinski definition) is 3. The van der Waals surface area contributed by atoms with E-state index in [9.17, 15) is 4.79 Å². The first-order valence-corrected chi connectivity index (χ1v) is 9.14. The predicted molar refractivity (Wildman–Crippen MR) is 94.4 cm³/mol. The van der Waals surface area contributed by atoms with Gasteiger partial charge in [0.15, 0.2) is 5.16 Å². The summed E-state index contributed by atoms with van der Waals surface area (Å²) in [5, 5.41) is 3.91. The smallest absolute Gasteiger partial charge is 0.233 e. The van der Waals surface area contributed by atoms with Crippen molar-refractivity contribution in [3.8, 4) is 0 Å². The molecule has 126 valence electrons. The third-order valence-electron chi connectivity index (χ3n) is 3.73. The fourth-order valence-electron chi connectivity index (χ4n) is 2.37. The minimum Gasteiger partial charge on any atom is -0.353 e. The lowest BCUT2D eigenvalue weighted by Crippen LogP contribution is -2.37. The van der Waals surface area contributed by atoms with Crippen molar-refractivity contribution in [1.82, 2.24) is 14.9 Å². The minimum atomic E-state index is -0.133. The molecule has 1 N–H and O–H groups in total. The number of aromatic nitrogens is 2. The summed E-state index contributed by atoms with van der Waals surface area (Å²) in [5.41, 5.74) is 2.25. The van der Waals surface area contributed by atoms with Crippen LogP contribution in [0.1, 0.15) is 58.8 Å². The summed E-state index contributed by atoms with van der Waals surface area (Å²) in [5.74, 6) is 0.653. The predicted octanol–water partition coefficient (Wildman–Crippen LogP) is 3.94. The van der Waals surface area contributed by atoms with Crippen LogP contribution in [0.4, 0.5) is 0 Å². The third kappa shape index (κ3) is 5.34. The van der Waals surface area contributed by atoms with E-state index in [1.165, 1.54) is 5.69 Å². The highest BCUT2D eigenvalue weighted by Gasteiger charge is 2.21. The van der Waals surface area contributed by atoms with Crippen LogP contribution in [0.15, 0.2) is 5.16 Å². The Morgan fingerprint density at radius 2 is 1.91 bits per heavy atom. The zero-order valence-electron chi connectivity index (χ0n) is 15.1. The number of imidazole rings is 1. The Labute approximate surface area is 139 Å². The monoisotopic (exact) mass is 325 g/mol. The van der Waals surface area contributed by atoms with E-state index in [-0.39, 0.29) is 17.2 Å². The maximum Gasteiger partial charge on any atom is 0.233 e. The van der Waals surface area contributed by atoms with E-state index in [0.717, 1.165) is 30.2 Å². The molecule has 0 saturated carbocycles. The van der Waals surface area contributed by atoms with Gasteiger partial charge < -0.3 is 9.88 Å². The van der Waals surface area contributed by atoms with Gasteiger partial charge in [-0.25, -0.2) is 4.98 Å². The van der Waals surface area contributed by atoms with Crippen LogP contribution in [-0.2, 0) is 11.3 Å². The molecule has 1 rings (SSSR count). The molecule has 0 spiro atoms. The first kappa shape index (κ1) is 19.1. The molecule has 0 radical (unpaired) electrons. The van der Waals surface area contributed by atoms with Crippen LogP contribution in [0.25, 0.3) is 0 Å². The Morgan fingerprint density at radius 1 is 1.27 bits per heavy atom. The lowest BCUT2D eigenvalue weighted by Gasteiger charge is -2.18. The summed E-state index contributed by atoms with van der Waals surface area (Å²) < 4.78 is 2.24. The molecule has 1 heterocycles. The van der Waals surface area contributed by atoms with Gasteiger partial charge in [0.25, 0.3) is 0 Å². The van der Waals surface area contributed by atoms with Gasteiger partial charge in [0.1, 0.15) is 0 Å². The highest BCUT2D eigenvalue weighted by atomic mass is 32.2. The summed E-state index contributed by atoms with van der Waals surface area (Å²) in [4.78, 5) is 16.9. The third-order valence-corrected chi connectivity index (χ3v) is 4.82. The SMILES string of the molecule is CCCC(C)NC(=O)C(C)Sc1nc(C)c(C)n1CC(C)C. The number of nitrogens with one attached hydrogen (secondary N) is 1. The van der Waals surface area contributed by atoms with Gasteiger partial charge in [-0.15, -0.1) is 0 Å². The zero-order chi connectivity index (χ0) is 16.9. The fraction of sp³-hybridized carbons (Fsp3) is 0.765. The summed E-state index contributed by atoms with van der Waals surface area (Å²) in [6, 6.07) is 0.236. The molecule has 0 saturated heterocycles. The van der Waals surface area contributed by atoms with Gasteiger partial charge in [-0.2, -0.15) is 0 Å². The van der Waals surface area contributed by atoms with Gasteiger partial charge in [-0.05, 0) is 40.0 Å². The second-order valence-electron chi connectivity index (χ2n) is 6.53. The molecule has 0 aliphatic rings. The van der Waals surface area contributed by atoms with Crippen molar-refractivity contribution in [2.45, 2.75) is 84.3 Å². The molecule has 0 fully saturated rings. The quantitative estimate of drug-likeness (QED) is 0.736. The first-order chi connectivity index (χ1) is 10.3. The van der Waals surface area contributed by atoms with Crippen LogP contribution >= 0.6 is 11.8 Å². The number of amides is 1. The van der Waals surface area contributed by atoms with Gasteiger partial charge in [0.05, 0.1) is 10.9 Å². The molecule has 2 unspecified atom stereocenters. The van der Waals surface area contributed by atoms with Crippen molar-refractivity contribution in [3.05, 3.63) is 11.4 Å². The molecule has 2 atom stereocenters. The van der Waals surface area contributed by atoms with Gasteiger partial charge in [0.2, 0.25) is 5.91 Å². The summed E-state index contributed by atoms with van der Waals surface area (Å²) in [6.07, 6.45) is 2.10. The molecule has 0 aliphatic carbocycles. The topological polar surface area (TPSA) is 46.9 Å². The number of rotatable bonds is 8. The molecule has 4 nitrogen and oxygen atoms in total. The largest absolute Gasteiger partial charge is 0.353 e. The molecule has 0 aromatic carbocycles. The number of nitrogens with zero attached hydrogens (tertiary/aromatic N) is 2. The maximum absolute atomic E-state index is 12.3. The van der Waals surface area contributed by atoms with Crippen molar-refractivity contribution in [2.24, 2.45) is 5.92 Å². The molecular formula is C17H31N3OS. The van der Waals surface area contributed by atoms with Gasteiger partial charge in [-0.3, -0.25) is 4.79 Å². The van der Waals surface area contributed by atoms with Crippen molar-refractivity contribution >= 4 is 17.7 Å². The zero-order valence-corrected chi connectivity index (χ0v) is 15.9. The number of thioether (sulfide) groups is 1. The molecule has 0 aliphatic heterocycles. The fourth-order valence-corrected chi connectivity index (χ4v) is 3.39. The second kappa shape index (κ2) is 8.61. The molecule has 22 heavy (non-hydrogen) atoms. The van der Waals surface area contributed by atoms with Crippen molar-refractivity contribution < 1.29 is 4.79 Å². The lowest BCUT2D eigenvalue weighted by molar-refractivity contribution is -0.120. The van der Waals surface area contributed by atoms with Crippen LogP contribution in [0.5, 0.6) is 0 Å². The van der Waals surface area contributed by atoms with Gasteiger partial charge in [-0.1, -0.05) is 39.0 Å². The van der Waals surface area contributed by atoms with E-state index >= 15 is 0 Å². The van der Waals surface area contributed by atoms with Crippen LogP contribution < -0.4 is 5.32 Å². The molecule has 0 bridgehead atoms. The molecule has 1 aromatic heterocycles. The standard InChI is InChI=1S/C17H31N3OS/c1-8-9-12(4)18-16(21)15(7)22-17-19-13(5)14(6)20(17)10-11(2)3/h11-12,15H,8-10H2,1-7H3,(H,18,21). The van der Waals surface area contributed by atoms with Crippen LogP contribution in [-0.4, -0.2) is 26.8 Å². The Bertz CT molecular complexity index is 496. The van der Waals surface area contributed by atoms with Gasteiger partial charge in [0, 0.05) is 18.3 Å². The van der Waals surface area contributed by atoms with Crippen molar-refractivity contribution in [3.63, 3.8) is 0 Å². The Morgan fingerprint density at radius 3 is 2.45 bits per heavy atom. The minimum absolute atomic E-state index is 0.0975. The highest BCUT2D eigenvalue weighted by Crippen LogP contribution is 2.26. The van der Waals surface area contributed by atoms with Crippen LogP contribution in [0.3, 0.4) is 0 Å². The van der Waals surface area contributed by atoms with Gasteiger partial charge >= 0.3 is 0 Å². The number of hydrogen-bond donors (Lipinski definition) is 1. The number of carbonyl (C=O) groups is 1. The van der Waals surface area contributed by atoms with E-state index in [1.54, 1.807) is 11.8 Å². The normalized spacial score (nSPS) is 14.2. The number of carbonyl (C=O) groups excluding carboxylic acids is 1. The molecule has 5 heteroatoms. The van der Waals surface area contributed by atoms with E-state index in [0.29, 0.717) is 5.92 Å². The molecule has 1 amide bonds. The first-order valence-electron chi connectivity index (χ1n) is 8.26. The molecular weight excluding hydrogens is 294 g/mol. The number of aryl methyl sites for hydroxylation is 1. The summed E-state index contributed by atoms with van der Waals surface area (Å²) >= 11 is 1.56. The van der Waals surface area contributed by atoms with E-state index < -0.39 is 0 Å². The Kier molecular flexibility index (Phi) is 7.46. The maximum atomic E-state index is 12.3. The van der Waals surface area contributed by atoms with E-state index in [1.807, 2.05) is 13.8 Å². The van der Waals surface area contributed by atoms with Crippen molar-refractivity contribution in [2.75, 3.05) is 0 Å². The molecule has 1 aromatic rings. The average Bonchev–Trinajstić information content (AvgIpc) is 2.66. The van der Waals surface area contributed by atoms with Crippen molar-refractivity contribution in [1.29, 1.82) is 0 Å². The summed E-state index contributed by atoms with van der Waals surface area (Å²) in [7, 11) is 0. The van der Waals surface area contributed by atoms with Crippen LogP contribution in [0.2, 0.25) is 0 Å². The summed E-state index contributed by atoms with van der Waals surface area (Å²) in [6.45, 7) is 15.6. The highest BCUT2D eigenvalue weighted by molar-refractivity contribution is 8.00. The lowest BCUT2D eigenvalue weighted by atomic mass is 10.2. The van der Waals surface area contributed by atoms with Crippen LogP contribution in [0, 0.1) is 19.8 Å².